The lowest BCUT2D eigenvalue weighted by Gasteiger charge is -2.11. The lowest BCUT2D eigenvalue weighted by molar-refractivity contribution is -0.141. The summed E-state index contributed by atoms with van der Waals surface area (Å²) in [5.74, 6) is -0.658. The number of carboxylic acids is 1. The molecule has 9 nitrogen and oxygen atoms in total. The normalized spacial score (nSPS) is 18.3. The van der Waals surface area contributed by atoms with Crippen LogP contribution >= 0.6 is 0 Å². The molecule has 2 atom stereocenters. The minimum atomic E-state index is -1.18. The van der Waals surface area contributed by atoms with E-state index in [0.717, 1.165) is 10.1 Å². The molecule has 1 aliphatic heterocycles. The molecule has 0 saturated heterocycles. The van der Waals surface area contributed by atoms with E-state index in [-0.39, 0.29) is 24.5 Å². The van der Waals surface area contributed by atoms with Gasteiger partial charge in [-0.1, -0.05) is 18.2 Å². The zero-order valence-corrected chi connectivity index (χ0v) is 14.1. The predicted molar refractivity (Wildman–Crippen MR) is 94.0 cm³/mol. The predicted octanol–water partition coefficient (Wildman–Crippen LogP) is 1.57. The fraction of sp³-hybridized carbons (Fsp3) is 0.222. The van der Waals surface area contributed by atoms with E-state index >= 15 is 0 Å². The quantitative estimate of drug-likeness (QED) is 0.619. The van der Waals surface area contributed by atoms with E-state index in [0.29, 0.717) is 11.6 Å². The molecule has 1 aromatic carbocycles. The summed E-state index contributed by atoms with van der Waals surface area (Å²) in [5.41, 5.74) is 0.994. The van der Waals surface area contributed by atoms with Gasteiger partial charge in [-0.3, -0.25) is 9.36 Å². The van der Waals surface area contributed by atoms with Gasteiger partial charge < -0.3 is 19.9 Å². The third kappa shape index (κ3) is 3.08. The fourth-order valence-electron chi connectivity index (χ4n) is 3.07. The lowest BCUT2D eigenvalue weighted by Crippen LogP contribution is -2.30. The van der Waals surface area contributed by atoms with E-state index in [9.17, 15) is 19.8 Å². The summed E-state index contributed by atoms with van der Waals surface area (Å²) < 4.78 is 6.47. The Morgan fingerprint density at radius 1 is 1.33 bits per heavy atom. The van der Waals surface area contributed by atoms with Crippen LogP contribution in [0, 0.1) is 0 Å². The van der Waals surface area contributed by atoms with Gasteiger partial charge in [-0.2, -0.15) is 0 Å². The molecule has 2 aromatic heterocycles. The number of nitrogens with zero attached hydrogens (tertiary/aromatic N) is 3. The summed E-state index contributed by atoms with van der Waals surface area (Å²) in [6.45, 7) is 0.201. The third-order valence-corrected chi connectivity index (χ3v) is 4.40. The molecular formula is C18H16N4O5. The van der Waals surface area contributed by atoms with Crippen LogP contribution in [0.4, 0.5) is 5.69 Å². The van der Waals surface area contributed by atoms with E-state index in [1.807, 2.05) is 30.3 Å². The van der Waals surface area contributed by atoms with Crippen molar-refractivity contribution in [3.63, 3.8) is 0 Å². The summed E-state index contributed by atoms with van der Waals surface area (Å²) in [7, 11) is 0. The van der Waals surface area contributed by atoms with Crippen molar-refractivity contribution < 1.29 is 19.4 Å². The van der Waals surface area contributed by atoms with Crippen LogP contribution in [0.3, 0.4) is 0 Å². The van der Waals surface area contributed by atoms with Gasteiger partial charge in [0.2, 0.25) is 5.89 Å². The highest BCUT2D eigenvalue weighted by atomic mass is 16.4. The molecule has 3 N–H and O–H groups in total. The molecule has 0 bridgehead atoms. The second kappa shape index (κ2) is 6.69. The average Bonchev–Trinajstić information content (AvgIpc) is 3.27. The monoisotopic (exact) mass is 368 g/mol. The minimum absolute atomic E-state index is 0.0609. The van der Waals surface area contributed by atoms with Crippen molar-refractivity contribution in [2.45, 2.75) is 25.1 Å². The van der Waals surface area contributed by atoms with Crippen molar-refractivity contribution in [1.82, 2.24) is 14.5 Å². The number of nitrogens with one attached hydrogen (secondary N) is 1. The summed E-state index contributed by atoms with van der Waals surface area (Å²) in [6, 6.07) is 8.26. The van der Waals surface area contributed by atoms with Crippen molar-refractivity contribution >= 4 is 11.7 Å². The number of carbonyl (C=O) groups is 1. The van der Waals surface area contributed by atoms with E-state index < -0.39 is 23.7 Å². The van der Waals surface area contributed by atoms with Gasteiger partial charge in [0.05, 0.1) is 18.4 Å². The first kappa shape index (κ1) is 17.0. The highest BCUT2D eigenvalue weighted by molar-refractivity contribution is 5.73. The van der Waals surface area contributed by atoms with Crippen molar-refractivity contribution in [2.24, 2.45) is 0 Å². The number of aliphatic hydroxyl groups is 1. The van der Waals surface area contributed by atoms with Gasteiger partial charge in [0.15, 0.2) is 0 Å². The smallest absolute Gasteiger partial charge is 0.326 e. The number of aliphatic carboxylic acids is 1. The number of aliphatic hydroxyl groups excluding tert-OH is 1. The first-order valence-electron chi connectivity index (χ1n) is 8.30. The Kier molecular flexibility index (Phi) is 4.21. The molecule has 138 valence electrons. The highest BCUT2D eigenvalue weighted by Crippen LogP contribution is 2.31. The standard InChI is InChI=1S/C18H16N4O5/c23-14-6-13(18(25)26)22-15(14)20-8-12(17(22)24)19-7-11-9-27-16(21-11)10-4-2-1-3-5-10/h1-5,8-9,13-14,19,23H,6-7H2,(H,25,26)/t13-,14?/m0/s1. The van der Waals surface area contributed by atoms with Crippen molar-refractivity contribution in [2.75, 3.05) is 5.32 Å². The number of carboxylic acid groups (broad SMARTS) is 1. The zero-order chi connectivity index (χ0) is 19.0. The molecule has 4 rings (SSSR count). The molecular weight excluding hydrogens is 352 g/mol. The van der Waals surface area contributed by atoms with Crippen LogP contribution in [0.2, 0.25) is 0 Å². The van der Waals surface area contributed by atoms with E-state index in [4.69, 9.17) is 4.42 Å². The van der Waals surface area contributed by atoms with Gasteiger partial charge in [-0.15, -0.1) is 0 Å². The Bertz CT molecular complexity index is 1040. The molecule has 0 amide bonds. The van der Waals surface area contributed by atoms with Crippen molar-refractivity contribution in [3.8, 4) is 11.5 Å². The molecule has 1 unspecified atom stereocenters. The number of rotatable bonds is 5. The Balaban J connectivity index is 1.55. The Hall–Kier alpha value is -3.46. The maximum absolute atomic E-state index is 12.6. The second-order valence-electron chi connectivity index (χ2n) is 6.17. The van der Waals surface area contributed by atoms with Crippen LogP contribution in [0.15, 0.2) is 52.0 Å². The van der Waals surface area contributed by atoms with Crippen LogP contribution in [0.25, 0.3) is 11.5 Å². The van der Waals surface area contributed by atoms with Crippen LogP contribution in [0.5, 0.6) is 0 Å². The molecule has 0 spiro atoms. The summed E-state index contributed by atoms with van der Waals surface area (Å²) in [6.07, 6.45) is 1.62. The first-order chi connectivity index (χ1) is 13.0. The zero-order valence-electron chi connectivity index (χ0n) is 14.1. The maximum atomic E-state index is 12.6. The average molecular weight is 368 g/mol. The minimum Gasteiger partial charge on any atom is -0.480 e. The van der Waals surface area contributed by atoms with E-state index in [1.54, 1.807) is 0 Å². The number of fused-ring (bicyclic) bond motifs is 1. The molecule has 0 aliphatic carbocycles. The van der Waals surface area contributed by atoms with Gasteiger partial charge in [-0.25, -0.2) is 14.8 Å². The summed E-state index contributed by atoms with van der Waals surface area (Å²) in [4.78, 5) is 32.4. The molecule has 3 aromatic rings. The number of hydrogen-bond acceptors (Lipinski definition) is 7. The van der Waals surface area contributed by atoms with Gasteiger partial charge in [0, 0.05) is 12.0 Å². The fourth-order valence-corrected chi connectivity index (χ4v) is 3.07. The molecule has 1 aliphatic rings. The number of benzene rings is 1. The van der Waals surface area contributed by atoms with E-state index in [1.165, 1.54) is 12.5 Å². The van der Waals surface area contributed by atoms with Gasteiger partial charge >= 0.3 is 5.97 Å². The van der Waals surface area contributed by atoms with Crippen LogP contribution in [0.1, 0.15) is 30.1 Å². The number of aromatic nitrogens is 3. The Labute approximate surface area is 152 Å². The molecule has 0 fully saturated rings. The topological polar surface area (TPSA) is 130 Å². The largest absolute Gasteiger partial charge is 0.480 e. The first-order valence-corrected chi connectivity index (χ1v) is 8.30. The molecule has 27 heavy (non-hydrogen) atoms. The SMILES string of the molecule is O=C(O)[C@@H]1CC(O)c2ncc(NCc3coc(-c4ccccc4)n3)c(=O)n21. The molecule has 0 radical (unpaired) electrons. The van der Waals surface area contributed by atoms with Gasteiger partial charge in [0.25, 0.3) is 5.56 Å². The summed E-state index contributed by atoms with van der Waals surface area (Å²) >= 11 is 0. The number of anilines is 1. The molecule has 3 heterocycles. The Morgan fingerprint density at radius 3 is 2.85 bits per heavy atom. The maximum Gasteiger partial charge on any atom is 0.326 e. The third-order valence-electron chi connectivity index (χ3n) is 4.40. The number of oxazole rings is 1. The van der Waals surface area contributed by atoms with Crippen LogP contribution in [-0.4, -0.2) is 30.7 Å². The summed E-state index contributed by atoms with van der Waals surface area (Å²) in [5, 5.41) is 22.1. The number of hydrogen-bond donors (Lipinski definition) is 3. The molecule has 9 heteroatoms. The Morgan fingerprint density at radius 2 is 2.11 bits per heavy atom. The molecule has 0 saturated carbocycles. The van der Waals surface area contributed by atoms with Crippen LogP contribution < -0.4 is 10.9 Å². The van der Waals surface area contributed by atoms with Crippen molar-refractivity contribution in [3.05, 3.63) is 64.7 Å². The van der Waals surface area contributed by atoms with Crippen molar-refractivity contribution in [1.29, 1.82) is 0 Å². The van der Waals surface area contributed by atoms with Crippen LogP contribution in [-0.2, 0) is 11.3 Å². The lowest BCUT2D eigenvalue weighted by atomic mass is 10.2. The second-order valence-corrected chi connectivity index (χ2v) is 6.17. The van der Waals surface area contributed by atoms with Gasteiger partial charge in [-0.05, 0) is 12.1 Å². The van der Waals surface area contributed by atoms with E-state index in [2.05, 4.69) is 15.3 Å². The highest BCUT2D eigenvalue weighted by Gasteiger charge is 2.36. The van der Waals surface area contributed by atoms with Gasteiger partial charge in [0.1, 0.15) is 29.9 Å².